The van der Waals surface area contributed by atoms with Crippen LogP contribution in [-0.2, 0) is 9.47 Å². The molecular formula is C27H32Cl2N8O3S. The molecule has 3 aliphatic heterocycles. The molecule has 0 aromatic carbocycles. The Bertz CT molecular complexity index is 1360. The Labute approximate surface area is 252 Å². The molecule has 0 saturated carbocycles. The summed E-state index contributed by atoms with van der Waals surface area (Å²) in [5, 5.41) is 4.51. The molecule has 0 unspecified atom stereocenters. The summed E-state index contributed by atoms with van der Waals surface area (Å²) in [6, 6.07) is 1.90. The first-order chi connectivity index (χ1) is 19.9. The Morgan fingerprint density at radius 2 is 2.00 bits per heavy atom. The minimum absolute atomic E-state index is 0.0428. The van der Waals surface area contributed by atoms with Crippen LogP contribution in [0, 0.1) is 5.41 Å². The van der Waals surface area contributed by atoms with E-state index in [-0.39, 0.29) is 35.5 Å². The topological polar surface area (TPSA) is 133 Å². The maximum atomic E-state index is 6.71. The maximum Gasteiger partial charge on any atom is 0.237 e. The quantitative estimate of drug-likeness (QED) is 0.360. The van der Waals surface area contributed by atoms with Gasteiger partial charge in [-0.2, -0.15) is 4.98 Å². The molecule has 3 aromatic heterocycles. The second kappa shape index (κ2) is 12.4. The van der Waals surface area contributed by atoms with Crippen LogP contribution in [0.1, 0.15) is 32.6 Å². The van der Waals surface area contributed by atoms with Crippen molar-refractivity contribution in [1.82, 2.24) is 24.9 Å². The number of nitrogens with zero attached hydrogens (tertiary/aromatic N) is 6. The number of pyridine rings is 1. The Morgan fingerprint density at radius 1 is 1.15 bits per heavy atom. The lowest BCUT2D eigenvalue weighted by Crippen LogP contribution is -2.50. The van der Waals surface area contributed by atoms with Gasteiger partial charge in [0.1, 0.15) is 22.5 Å². The van der Waals surface area contributed by atoms with E-state index in [0.717, 1.165) is 62.7 Å². The van der Waals surface area contributed by atoms with E-state index in [9.17, 15) is 0 Å². The predicted octanol–water partition coefficient (Wildman–Crippen LogP) is 4.75. The molecule has 3 aromatic rings. The average molecular weight is 620 g/mol. The van der Waals surface area contributed by atoms with E-state index in [2.05, 4.69) is 42.1 Å². The van der Waals surface area contributed by atoms with E-state index >= 15 is 0 Å². The van der Waals surface area contributed by atoms with Gasteiger partial charge in [-0.3, -0.25) is 0 Å². The van der Waals surface area contributed by atoms with Gasteiger partial charge < -0.3 is 30.2 Å². The van der Waals surface area contributed by atoms with Crippen molar-refractivity contribution in [3.8, 4) is 5.88 Å². The normalized spacial score (nSPS) is 23.7. The van der Waals surface area contributed by atoms with Crippen molar-refractivity contribution in [2.24, 2.45) is 11.1 Å². The first-order valence-electron chi connectivity index (χ1n) is 13.7. The third-order valence-electron chi connectivity index (χ3n) is 7.98. The summed E-state index contributed by atoms with van der Waals surface area (Å²) in [4.78, 5) is 25.3. The molecule has 0 radical (unpaired) electrons. The number of hydrogen-bond donors (Lipinski definition) is 2. The Hall–Kier alpha value is -2.48. The highest BCUT2D eigenvalue weighted by atomic mass is 35.5. The van der Waals surface area contributed by atoms with E-state index in [4.69, 9.17) is 43.1 Å². The largest absolute Gasteiger partial charge is 0.474 e. The van der Waals surface area contributed by atoms with Crippen molar-refractivity contribution in [2.45, 2.75) is 60.8 Å². The molecule has 1 spiro atoms. The third kappa shape index (κ3) is 6.32. The number of hydrogen-bond acceptors (Lipinski definition) is 12. The number of anilines is 3. The van der Waals surface area contributed by atoms with Crippen molar-refractivity contribution in [3.63, 3.8) is 0 Å². The lowest BCUT2D eigenvalue weighted by molar-refractivity contribution is 0.0664. The van der Waals surface area contributed by atoms with Crippen LogP contribution >= 0.6 is 35.0 Å². The predicted molar refractivity (Wildman–Crippen MR) is 157 cm³/mol. The molecular weight excluding hydrogens is 587 g/mol. The summed E-state index contributed by atoms with van der Waals surface area (Å²) < 4.78 is 17.2. The number of halogens is 2. The van der Waals surface area contributed by atoms with Gasteiger partial charge in [-0.05, 0) is 38.7 Å². The van der Waals surface area contributed by atoms with E-state index < -0.39 is 0 Å². The monoisotopic (exact) mass is 618 g/mol. The van der Waals surface area contributed by atoms with Crippen molar-refractivity contribution in [3.05, 3.63) is 40.9 Å². The number of aromatic nitrogens is 5. The van der Waals surface area contributed by atoms with Gasteiger partial charge in [0.05, 0.1) is 42.4 Å². The summed E-state index contributed by atoms with van der Waals surface area (Å²) in [6.07, 6.45) is 10.8. The standard InChI is InChI=1S/C27H32Cl2N8O3S/c1-16-23(30)27(15-40-16)5-8-37(9-6-27)20-12-33-21(13-32-20)41-19-4-7-31-24(22(19)29)35-26-34-11-18(28)25(36-26)39-14-17-3-2-10-38-17/h4,7,11-13,16-17,23H,2-3,5-6,8-10,14-15,30H2,1H3,(H,31,34,35,36)/t16-,17-,23+/m0/s1. The molecule has 41 heavy (non-hydrogen) atoms. The lowest BCUT2D eigenvalue weighted by Gasteiger charge is -2.41. The van der Waals surface area contributed by atoms with Gasteiger partial charge in [-0.15, -0.1) is 0 Å². The van der Waals surface area contributed by atoms with Crippen molar-refractivity contribution in [2.75, 3.05) is 43.1 Å². The van der Waals surface area contributed by atoms with Gasteiger partial charge in [0.15, 0.2) is 5.82 Å². The first kappa shape index (κ1) is 28.6. The SMILES string of the molecule is C[C@@H]1OCC2(CCN(c3cnc(Sc4ccnc(Nc5ncc(Cl)c(OC[C@@H]6CCCO6)n5)c4Cl)cn3)CC2)[C@@H]1N. The number of rotatable bonds is 8. The Morgan fingerprint density at radius 3 is 2.71 bits per heavy atom. The summed E-state index contributed by atoms with van der Waals surface area (Å²) in [6.45, 7) is 5.68. The molecule has 3 atom stereocenters. The van der Waals surface area contributed by atoms with Crippen molar-refractivity contribution in [1.29, 1.82) is 0 Å². The highest BCUT2D eigenvalue weighted by Gasteiger charge is 2.47. The number of ether oxygens (including phenoxy) is 3. The van der Waals surface area contributed by atoms with Gasteiger partial charge in [-0.1, -0.05) is 35.0 Å². The molecule has 218 valence electrons. The molecule has 6 rings (SSSR count). The Kier molecular flexibility index (Phi) is 8.66. The molecule has 0 bridgehead atoms. The minimum Gasteiger partial charge on any atom is -0.474 e. The van der Waals surface area contributed by atoms with Gasteiger partial charge in [0.2, 0.25) is 11.8 Å². The molecule has 3 N–H and O–H groups in total. The second-order valence-corrected chi connectivity index (χ2v) is 12.4. The van der Waals surface area contributed by atoms with Crippen LogP contribution in [-0.4, -0.2) is 76.1 Å². The van der Waals surface area contributed by atoms with Crippen LogP contribution < -0.4 is 20.7 Å². The Balaban J connectivity index is 1.08. The van der Waals surface area contributed by atoms with Gasteiger partial charge in [0, 0.05) is 42.2 Å². The summed E-state index contributed by atoms with van der Waals surface area (Å²) in [5.74, 6) is 1.79. The van der Waals surface area contributed by atoms with Crippen molar-refractivity contribution < 1.29 is 14.2 Å². The van der Waals surface area contributed by atoms with E-state index in [0.29, 0.717) is 27.5 Å². The van der Waals surface area contributed by atoms with Crippen LogP contribution in [0.2, 0.25) is 10.0 Å². The first-order valence-corrected chi connectivity index (χ1v) is 15.3. The van der Waals surface area contributed by atoms with Gasteiger partial charge in [-0.25, -0.2) is 19.9 Å². The van der Waals surface area contributed by atoms with Crippen LogP contribution in [0.4, 0.5) is 17.6 Å². The summed E-state index contributed by atoms with van der Waals surface area (Å²) in [7, 11) is 0. The molecule has 3 aliphatic rings. The molecule has 11 nitrogen and oxygen atoms in total. The van der Waals surface area contributed by atoms with Gasteiger partial charge >= 0.3 is 0 Å². The van der Waals surface area contributed by atoms with Crippen LogP contribution in [0.3, 0.4) is 0 Å². The number of nitrogens with two attached hydrogens (primary N) is 1. The lowest BCUT2D eigenvalue weighted by atomic mass is 9.73. The molecule has 3 saturated heterocycles. The molecule has 0 aliphatic carbocycles. The minimum atomic E-state index is 0.0428. The fourth-order valence-corrected chi connectivity index (χ4v) is 6.62. The number of nitrogens with one attached hydrogen (secondary N) is 1. The van der Waals surface area contributed by atoms with Crippen LogP contribution in [0.25, 0.3) is 0 Å². The summed E-state index contributed by atoms with van der Waals surface area (Å²) >= 11 is 14.4. The molecule has 0 amide bonds. The smallest absolute Gasteiger partial charge is 0.237 e. The summed E-state index contributed by atoms with van der Waals surface area (Å²) in [5.41, 5.74) is 6.53. The molecule has 14 heteroatoms. The van der Waals surface area contributed by atoms with E-state index in [1.807, 2.05) is 12.3 Å². The van der Waals surface area contributed by atoms with Crippen LogP contribution in [0.15, 0.2) is 40.8 Å². The zero-order chi connectivity index (χ0) is 28.4. The maximum absolute atomic E-state index is 6.71. The van der Waals surface area contributed by atoms with E-state index in [1.54, 1.807) is 12.4 Å². The highest BCUT2D eigenvalue weighted by Crippen LogP contribution is 2.42. The van der Waals surface area contributed by atoms with Crippen molar-refractivity contribution >= 4 is 52.5 Å². The fraction of sp³-hybridized carbons (Fsp3) is 0.519. The van der Waals surface area contributed by atoms with Gasteiger partial charge in [0.25, 0.3) is 0 Å². The van der Waals surface area contributed by atoms with E-state index in [1.165, 1.54) is 18.0 Å². The highest BCUT2D eigenvalue weighted by molar-refractivity contribution is 7.99. The molecule has 3 fully saturated rings. The molecule has 6 heterocycles. The number of piperidine rings is 1. The average Bonchev–Trinajstić information content (AvgIpc) is 3.61. The zero-order valence-electron chi connectivity index (χ0n) is 22.6. The zero-order valence-corrected chi connectivity index (χ0v) is 25.0. The third-order valence-corrected chi connectivity index (χ3v) is 9.72. The second-order valence-electron chi connectivity index (χ2n) is 10.6. The van der Waals surface area contributed by atoms with Crippen LogP contribution in [0.5, 0.6) is 5.88 Å². The fourth-order valence-electron chi connectivity index (χ4n) is 5.45.